The summed E-state index contributed by atoms with van der Waals surface area (Å²) in [5.41, 5.74) is 4.21. The van der Waals surface area contributed by atoms with Crippen molar-refractivity contribution in [1.82, 2.24) is 19.5 Å². The molecule has 6 nitrogen and oxygen atoms in total. The average molecular weight is 378 g/mol. The second-order valence-corrected chi connectivity index (χ2v) is 7.69. The Morgan fingerprint density at radius 3 is 2.75 bits per heavy atom. The number of hydrogen-bond acceptors (Lipinski definition) is 4. The molecule has 0 spiro atoms. The van der Waals surface area contributed by atoms with Gasteiger partial charge in [-0.1, -0.05) is 12.1 Å². The molecule has 0 radical (unpaired) electrons. The lowest BCUT2D eigenvalue weighted by molar-refractivity contribution is 0.0596. The molecule has 3 heterocycles. The number of benzene rings is 1. The van der Waals surface area contributed by atoms with Crippen molar-refractivity contribution < 1.29 is 9.90 Å². The number of phenolic OH excluding ortho intramolecular Hbond substituents is 1. The van der Waals surface area contributed by atoms with Crippen LogP contribution >= 0.6 is 0 Å². The summed E-state index contributed by atoms with van der Waals surface area (Å²) in [6.45, 7) is 4.67. The summed E-state index contributed by atoms with van der Waals surface area (Å²) >= 11 is 0. The number of aromatic nitrogens is 3. The first kappa shape index (κ1) is 18.5. The lowest BCUT2D eigenvalue weighted by Crippen LogP contribution is -2.44. The molecule has 0 saturated carbocycles. The number of likely N-dealkylation sites (tertiary alicyclic amines) is 1. The van der Waals surface area contributed by atoms with E-state index in [0.29, 0.717) is 5.69 Å². The van der Waals surface area contributed by atoms with Gasteiger partial charge in [-0.25, -0.2) is 9.50 Å². The first-order valence-corrected chi connectivity index (χ1v) is 9.94. The number of hydrogen-bond donors (Lipinski definition) is 1. The molecule has 2 aromatic heterocycles. The van der Waals surface area contributed by atoms with Crippen LogP contribution in [0.25, 0.3) is 5.65 Å². The number of amides is 1. The van der Waals surface area contributed by atoms with Crippen molar-refractivity contribution in [2.75, 3.05) is 6.54 Å². The van der Waals surface area contributed by atoms with Crippen molar-refractivity contribution in [2.24, 2.45) is 0 Å². The van der Waals surface area contributed by atoms with Crippen LogP contribution in [0.2, 0.25) is 0 Å². The van der Waals surface area contributed by atoms with Crippen LogP contribution in [-0.2, 0) is 6.42 Å². The first-order chi connectivity index (χ1) is 13.5. The van der Waals surface area contributed by atoms with Crippen LogP contribution in [0, 0.1) is 13.8 Å². The predicted molar refractivity (Wildman–Crippen MR) is 108 cm³/mol. The average Bonchev–Trinajstić information content (AvgIpc) is 3.08. The van der Waals surface area contributed by atoms with Crippen LogP contribution in [0.5, 0.6) is 5.75 Å². The van der Waals surface area contributed by atoms with Crippen LogP contribution in [0.15, 0.2) is 36.4 Å². The van der Waals surface area contributed by atoms with Crippen molar-refractivity contribution >= 4 is 11.6 Å². The highest BCUT2D eigenvalue weighted by molar-refractivity contribution is 5.93. The quantitative estimate of drug-likeness (QED) is 0.752. The number of aromatic hydroxyl groups is 1. The van der Waals surface area contributed by atoms with Crippen LogP contribution in [0.3, 0.4) is 0 Å². The van der Waals surface area contributed by atoms with Crippen LogP contribution in [-0.4, -0.2) is 43.1 Å². The summed E-state index contributed by atoms with van der Waals surface area (Å²) in [6, 6.07) is 11.3. The highest BCUT2D eigenvalue weighted by Crippen LogP contribution is 2.24. The zero-order valence-corrected chi connectivity index (χ0v) is 16.4. The van der Waals surface area contributed by atoms with Gasteiger partial charge < -0.3 is 10.0 Å². The van der Waals surface area contributed by atoms with Gasteiger partial charge in [0, 0.05) is 24.3 Å². The molecule has 0 aliphatic carbocycles. The van der Waals surface area contributed by atoms with Gasteiger partial charge in [0.15, 0.2) is 5.65 Å². The predicted octanol–water partition coefficient (Wildman–Crippen LogP) is 3.68. The van der Waals surface area contributed by atoms with Crippen molar-refractivity contribution in [2.45, 2.75) is 52.0 Å². The smallest absolute Gasteiger partial charge is 0.272 e. The summed E-state index contributed by atoms with van der Waals surface area (Å²) < 4.78 is 1.78. The molecule has 1 N–H and O–H groups in total. The summed E-state index contributed by atoms with van der Waals surface area (Å²) in [4.78, 5) is 19.9. The molecule has 1 saturated heterocycles. The fourth-order valence-electron chi connectivity index (χ4n) is 4.06. The van der Waals surface area contributed by atoms with E-state index in [4.69, 9.17) is 0 Å². The number of aryl methyl sites for hydroxylation is 3. The van der Waals surface area contributed by atoms with E-state index in [1.54, 1.807) is 16.6 Å². The largest absolute Gasteiger partial charge is 0.508 e. The first-order valence-electron chi connectivity index (χ1n) is 9.94. The van der Waals surface area contributed by atoms with Gasteiger partial charge in [-0.15, -0.1) is 0 Å². The Balaban J connectivity index is 1.53. The molecule has 4 rings (SSSR count). The zero-order valence-electron chi connectivity index (χ0n) is 16.4. The Morgan fingerprint density at radius 1 is 1.18 bits per heavy atom. The van der Waals surface area contributed by atoms with Crippen molar-refractivity contribution in [3.63, 3.8) is 0 Å². The number of carbonyl (C=O) groups excluding carboxylic acids is 1. The van der Waals surface area contributed by atoms with E-state index in [9.17, 15) is 9.90 Å². The summed E-state index contributed by atoms with van der Waals surface area (Å²) in [5, 5.41) is 13.9. The molecule has 3 aromatic rings. The molecular formula is C22H26N4O2. The van der Waals surface area contributed by atoms with Gasteiger partial charge in [0.25, 0.3) is 5.91 Å². The standard InChI is InChI=1S/C22H26N4O2/c1-15-13-21-23-20(14-16(2)26(21)24-15)22(28)25-12-4-3-5-18(25)9-6-17-7-10-19(27)11-8-17/h7-8,10-11,13-14,18,27H,3-6,9,12H2,1-2H3. The molecule has 1 fully saturated rings. The van der Waals surface area contributed by atoms with Gasteiger partial charge >= 0.3 is 0 Å². The molecule has 1 unspecified atom stereocenters. The van der Waals surface area contributed by atoms with E-state index < -0.39 is 0 Å². The molecule has 1 aliphatic rings. The van der Waals surface area contributed by atoms with E-state index in [2.05, 4.69) is 10.1 Å². The van der Waals surface area contributed by atoms with Gasteiger partial charge in [0.2, 0.25) is 0 Å². The van der Waals surface area contributed by atoms with Gasteiger partial charge in [-0.05, 0) is 69.7 Å². The van der Waals surface area contributed by atoms with E-state index in [-0.39, 0.29) is 17.7 Å². The maximum absolute atomic E-state index is 13.3. The molecule has 1 aromatic carbocycles. The Labute approximate surface area is 164 Å². The Hall–Kier alpha value is -2.89. The number of carbonyl (C=O) groups is 1. The highest BCUT2D eigenvalue weighted by Gasteiger charge is 2.28. The minimum Gasteiger partial charge on any atom is -0.508 e. The molecule has 1 amide bonds. The van der Waals surface area contributed by atoms with E-state index in [1.807, 2.05) is 43.0 Å². The van der Waals surface area contributed by atoms with E-state index in [1.165, 1.54) is 5.56 Å². The molecule has 28 heavy (non-hydrogen) atoms. The fourth-order valence-corrected chi connectivity index (χ4v) is 4.06. The molecule has 0 bridgehead atoms. The zero-order chi connectivity index (χ0) is 19.7. The number of nitrogens with zero attached hydrogens (tertiary/aromatic N) is 4. The van der Waals surface area contributed by atoms with E-state index >= 15 is 0 Å². The summed E-state index contributed by atoms with van der Waals surface area (Å²) in [5.74, 6) is 0.296. The monoisotopic (exact) mass is 378 g/mol. The number of rotatable bonds is 4. The Kier molecular flexibility index (Phi) is 5.03. The summed E-state index contributed by atoms with van der Waals surface area (Å²) in [7, 11) is 0. The third-order valence-corrected chi connectivity index (χ3v) is 5.54. The van der Waals surface area contributed by atoms with Crippen LogP contribution < -0.4 is 0 Å². The molecule has 1 aliphatic heterocycles. The van der Waals surface area contributed by atoms with Gasteiger partial charge in [0.1, 0.15) is 11.4 Å². The summed E-state index contributed by atoms with van der Waals surface area (Å²) in [6.07, 6.45) is 5.02. The van der Waals surface area contributed by atoms with E-state index in [0.717, 1.165) is 55.7 Å². The molecule has 1 atom stereocenters. The van der Waals surface area contributed by atoms with Gasteiger partial charge in [0.05, 0.1) is 5.69 Å². The third kappa shape index (κ3) is 3.72. The molecule has 6 heteroatoms. The fraction of sp³-hybridized carbons (Fsp3) is 0.409. The number of phenols is 1. The maximum atomic E-state index is 13.3. The number of fused-ring (bicyclic) bond motifs is 1. The second-order valence-electron chi connectivity index (χ2n) is 7.69. The van der Waals surface area contributed by atoms with Gasteiger partial charge in [-0.3, -0.25) is 4.79 Å². The third-order valence-electron chi connectivity index (χ3n) is 5.54. The van der Waals surface area contributed by atoms with Crippen LogP contribution in [0.4, 0.5) is 0 Å². The van der Waals surface area contributed by atoms with Crippen molar-refractivity contribution in [1.29, 1.82) is 0 Å². The highest BCUT2D eigenvalue weighted by atomic mass is 16.3. The minimum atomic E-state index is 0.0138. The van der Waals surface area contributed by atoms with Crippen molar-refractivity contribution in [3.8, 4) is 5.75 Å². The molecular weight excluding hydrogens is 352 g/mol. The topological polar surface area (TPSA) is 70.7 Å². The lowest BCUT2D eigenvalue weighted by Gasteiger charge is -2.35. The minimum absolute atomic E-state index is 0.0138. The Morgan fingerprint density at radius 2 is 1.96 bits per heavy atom. The lowest BCUT2D eigenvalue weighted by atomic mass is 9.95. The van der Waals surface area contributed by atoms with Crippen LogP contribution in [0.1, 0.15) is 53.1 Å². The van der Waals surface area contributed by atoms with Crippen molar-refractivity contribution in [3.05, 3.63) is 59.0 Å². The SMILES string of the molecule is Cc1cc2nc(C(=O)N3CCCCC3CCc3ccc(O)cc3)cc(C)n2n1. The normalized spacial score (nSPS) is 17.2. The molecule has 146 valence electrons. The maximum Gasteiger partial charge on any atom is 0.272 e. The number of piperidine rings is 1. The Bertz CT molecular complexity index is 994. The second kappa shape index (κ2) is 7.62. The van der Waals surface area contributed by atoms with Gasteiger partial charge in [-0.2, -0.15) is 5.10 Å².